The molecule has 0 radical (unpaired) electrons. The molecule has 2 N–H and O–H groups in total. The van der Waals surface area contributed by atoms with Crippen molar-refractivity contribution in [1.82, 2.24) is 5.32 Å². The summed E-state index contributed by atoms with van der Waals surface area (Å²) >= 11 is 0. The fraction of sp³-hybridized carbons (Fsp3) is 0.194. The molecule has 10 nitrogen and oxygen atoms in total. The van der Waals surface area contributed by atoms with Gasteiger partial charge in [-0.15, -0.1) is 0 Å². The Hall–Kier alpha value is -4.93. The second-order valence-corrected chi connectivity index (χ2v) is 9.19. The molecule has 0 spiro atoms. The van der Waals surface area contributed by atoms with Crippen molar-refractivity contribution in [3.05, 3.63) is 94.7 Å². The van der Waals surface area contributed by atoms with E-state index in [0.717, 1.165) is 29.9 Å². The van der Waals surface area contributed by atoms with Gasteiger partial charge in [-0.25, -0.2) is 9.59 Å². The van der Waals surface area contributed by atoms with Gasteiger partial charge in [0.05, 0.1) is 7.11 Å². The Morgan fingerprint density at radius 3 is 2.37 bits per heavy atom. The number of rotatable bonds is 10. The molecule has 0 fully saturated rings. The second-order valence-electron chi connectivity index (χ2n) is 9.19. The van der Waals surface area contributed by atoms with Crippen LogP contribution < -0.4 is 29.7 Å². The van der Waals surface area contributed by atoms with Crippen LogP contribution >= 0.6 is 0 Å². The third kappa shape index (κ3) is 6.63. The minimum Gasteiger partial charge on any atom is -0.497 e. The minimum atomic E-state index is -0.930. The molecule has 1 unspecified atom stereocenters. The molecule has 2 heterocycles. The lowest BCUT2D eigenvalue weighted by Crippen LogP contribution is -2.32. The summed E-state index contributed by atoms with van der Waals surface area (Å²) in [6.45, 7) is 0.839. The number of aliphatic hydroxyl groups is 1. The number of aliphatic hydroxyl groups excluding tert-OH is 1. The highest BCUT2D eigenvalue weighted by atomic mass is 16.6. The number of carbonyl (C=O) groups is 2. The van der Waals surface area contributed by atoms with Crippen molar-refractivity contribution in [2.45, 2.75) is 12.5 Å². The molecule has 4 aromatic rings. The molecular weight excluding hydrogens is 530 g/mol. The van der Waals surface area contributed by atoms with Gasteiger partial charge < -0.3 is 33.8 Å². The van der Waals surface area contributed by atoms with E-state index in [9.17, 15) is 19.5 Å². The highest BCUT2D eigenvalue weighted by Crippen LogP contribution is 2.37. The third-order valence-corrected chi connectivity index (χ3v) is 6.27. The number of nitrogens with one attached hydrogen (secondary N) is 1. The summed E-state index contributed by atoms with van der Waals surface area (Å²) in [5, 5.41) is 13.6. The zero-order chi connectivity index (χ0) is 28.8. The van der Waals surface area contributed by atoms with Crippen molar-refractivity contribution in [2.75, 3.05) is 26.8 Å². The zero-order valence-corrected chi connectivity index (χ0v) is 22.1. The highest BCUT2D eigenvalue weighted by Gasteiger charge is 2.25. The Labute approximate surface area is 234 Å². The summed E-state index contributed by atoms with van der Waals surface area (Å²) in [6, 6.07) is 19.2. The van der Waals surface area contributed by atoms with Crippen LogP contribution in [0.3, 0.4) is 0 Å². The number of benzene rings is 3. The third-order valence-electron chi connectivity index (χ3n) is 6.27. The molecule has 3 aromatic carbocycles. The number of hydrogen-bond donors (Lipinski definition) is 2. The molecule has 41 heavy (non-hydrogen) atoms. The van der Waals surface area contributed by atoms with Gasteiger partial charge in [0.25, 0.3) is 0 Å². The van der Waals surface area contributed by atoms with Crippen LogP contribution in [-0.4, -0.2) is 50.0 Å². The van der Waals surface area contributed by atoms with Crippen LogP contribution in [0.1, 0.15) is 5.56 Å². The maximum Gasteiger partial charge on any atom is 0.336 e. The Morgan fingerprint density at radius 1 is 0.902 bits per heavy atom. The van der Waals surface area contributed by atoms with Gasteiger partial charge >= 0.3 is 11.9 Å². The molecule has 1 aliphatic rings. The van der Waals surface area contributed by atoms with Crippen LogP contribution in [0.4, 0.5) is 0 Å². The largest absolute Gasteiger partial charge is 0.497 e. The maximum atomic E-state index is 13.5. The van der Waals surface area contributed by atoms with E-state index >= 15 is 0 Å². The monoisotopic (exact) mass is 557 g/mol. The van der Waals surface area contributed by atoms with E-state index in [4.69, 9.17) is 23.4 Å². The molecule has 0 aliphatic carbocycles. The van der Waals surface area contributed by atoms with E-state index in [1.165, 1.54) is 12.1 Å². The number of ether oxygens (including phenoxy) is 4. The predicted octanol–water partition coefficient (Wildman–Crippen LogP) is 3.42. The van der Waals surface area contributed by atoms with Crippen LogP contribution in [0.25, 0.3) is 22.3 Å². The summed E-state index contributed by atoms with van der Waals surface area (Å²) in [7, 11) is 1.62. The molecule has 1 aromatic heterocycles. The summed E-state index contributed by atoms with van der Waals surface area (Å²) in [5.41, 5.74) is 0.984. The summed E-state index contributed by atoms with van der Waals surface area (Å²) in [6.07, 6.45) is 1.68. The lowest BCUT2D eigenvalue weighted by Gasteiger charge is -2.16. The van der Waals surface area contributed by atoms with Crippen molar-refractivity contribution < 1.29 is 38.1 Å². The van der Waals surface area contributed by atoms with E-state index in [0.29, 0.717) is 12.1 Å². The average molecular weight is 558 g/mol. The Balaban J connectivity index is 1.35. The fourth-order valence-electron chi connectivity index (χ4n) is 4.24. The SMILES string of the molecule is COc1ccc(CCNCC(O)COc2cc3c4c(=O)c(c(-c5ccccc5)oc4c2)OC(=O)/C=C\C(=O)O3)cc1. The molecule has 5 rings (SSSR count). The van der Waals surface area contributed by atoms with E-state index in [1.54, 1.807) is 37.4 Å². The lowest BCUT2D eigenvalue weighted by atomic mass is 10.1. The van der Waals surface area contributed by atoms with Crippen molar-refractivity contribution >= 4 is 22.9 Å². The van der Waals surface area contributed by atoms with E-state index in [1.807, 2.05) is 24.3 Å². The first-order chi connectivity index (χ1) is 19.9. The van der Waals surface area contributed by atoms with Crippen LogP contribution in [0.15, 0.2) is 88.1 Å². The van der Waals surface area contributed by atoms with Crippen molar-refractivity contribution in [3.8, 4) is 34.3 Å². The van der Waals surface area contributed by atoms with Crippen LogP contribution in [0.2, 0.25) is 0 Å². The van der Waals surface area contributed by atoms with Crippen molar-refractivity contribution in [2.24, 2.45) is 0 Å². The summed E-state index contributed by atoms with van der Waals surface area (Å²) in [4.78, 5) is 38.0. The number of fused-ring (bicyclic) bond motifs is 1. The number of methoxy groups -OCH3 is 1. The van der Waals surface area contributed by atoms with Crippen LogP contribution in [-0.2, 0) is 16.0 Å². The van der Waals surface area contributed by atoms with Gasteiger partial charge in [-0.1, -0.05) is 42.5 Å². The smallest absolute Gasteiger partial charge is 0.336 e. The molecule has 0 amide bonds. The van der Waals surface area contributed by atoms with Crippen molar-refractivity contribution in [3.63, 3.8) is 0 Å². The summed E-state index contributed by atoms with van der Waals surface area (Å²) < 4.78 is 27.6. The van der Waals surface area contributed by atoms with Gasteiger partial charge in [0.1, 0.15) is 40.9 Å². The van der Waals surface area contributed by atoms with Gasteiger partial charge in [0, 0.05) is 36.4 Å². The maximum absolute atomic E-state index is 13.5. The number of hydrogen-bond acceptors (Lipinski definition) is 10. The Bertz CT molecular complexity index is 1640. The zero-order valence-electron chi connectivity index (χ0n) is 22.1. The number of esters is 2. The quantitative estimate of drug-likeness (QED) is 0.170. The highest BCUT2D eigenvalue weighted by molar-refractivity contribution is 5.98. The molecule has 10 heteroatoms. The van der Waals surface area contributed by atoms with Crippen molar-refractivity contribution in [1.29, 1.82) is 0 Å². The summed E-state index contributed by atoms with van der Waals surface area (Å²) in [5.74, 6) is -1.27. The van der Waals surface area contributed by atoms with Crippen LogP contribution in [0.5, 0.6) is 23.0 Å². The minimum absolute atomic E-state index is 0.0287. The van der Waals surface area contributed by atoms with Gasteiger partial charge in [-0.2, -0.15) is 0 Å². The molecular formula is C31H27NO9. The topological polar surface area (TPSA) is 134 Å². The second kappa shape index (κ2) is 12.5. The van der Waals surface area contributed by atoms with E-state index < -0.39 is 23.5 Å². The first-order valence-electron chi connectivity index (χ1n) is 12.9. The normalized spacial score (nSPS) is 14.3. The number of carbonyl (C=O) groups excluding carboxylic acids is 2. The van der Waals surface area contributed by atoms with Gasteiger partial charge in [0.15, 0.2) is 5.76 Å². The Kier molecular flexibility index (Phi) is 8.42. The lowest BCUT2D eigenvalue weighted by molar-refractivity contribution is -0.131. The molecule has 0 saturated carbocycles. The van der Waals surface area contributed by atoms with Gasteiger partial charge in [-0.3, -0.25) is 4.79 Å². The van der Waals surface area contributed by atoms with Crippen LogP contribution in [0, 0.1) is 0 Å². The Morgan fingerprint density at radius 2 is 1.63 bits per heavy atom. The first-order valence-corrected chi connectivity index (χ1v) is 12.9. The average Bonchev–Trinajstić information content (AvgIpc) is 2.98. The molecule has 2 bridgehead atoms. The molecule has 210 valence electrons. The standard InChI is InChI=1S/C31H27NO9/c1-37-22-9-7-19(8-10-22)13-14-32-17-21(33)18-38-23-15-24-28-25(16-23)40-30(20-5-3-2-4-6-20)31(29(28)36)41-27(35)12-11-26(34)39-24/h2-12,15-16,21,32-33H,13-14,17-18H2,1H3/b12-11-. The fourth-order valence-corrected chi connectivity index (χ4v) is 4.24. The van der Waals surface area contributed by atoms with Gasteiger partial charge in [0.2, 0.25) is 11.2 Å². The first kappa shape index (κ1) is 27.6. The van der Waals surface area contributed by atoms with E-state index in [2.05, 4.69) is 5.32 Å². The molecule has 0 saturated heterocycles. The molecule has 1 atom stereocenters. The predicted molar refractivity (Wildman–Crippen MR) is 149 cm³/mol. The van der Waals surface area contributed by atoms with Gasteiger partial charge in [-0.05, 0) is 30.7 Å². The molecule has 1 aliphatic heterocycles. The van der Waals surface area contributed by atoms with E-state index in [-0.39, 0.29) is 47.1 Å².